The SMILES string of the molecule is O=C(NCc1nccs1)c1nn(Cc2ccccc2)c2c1CN(C(=O)c1ccccn1)CC2. The van der Waals surface area contributed by atoms with E-state index in [4.69, 9.17) is 0 Å². The van der Waals surface area contributed by atoms with Crippen molar-refractivity contribution in [3.8, 4) is 0 Å². The van der Waals surface area contributed by atoms with Crippen LogP contribution in [-0.2, 0) is 26.1 Å². The maximum Gasteiger partial charge on any atom is 0.272 e. The molecule has 0 radical (unpaired) electrons. The lowest BCUT2D eigenvalue weighted by molar-refractivity contribution is 0.0724. The van der Waals surface area contributed by atoms with E-state index < -0.39 is 0 Å². The molecule has 1 aliphatic heterocycles. The van der Waals surface area contributed by atoms with Crippen LogP contribution in [0.5, 0.6) is 0 Å². The van der Waals surface area contributed by atoms with Gasteiger partial charge in [-0.25, -0.2) is 4.98 Å². The van der Waals surface area contributed by atoms with E-state index in [0.29, 0.717) is 44.0 Å². The van der Waals surface area contributed by atoms with Gasteiger partial charge < -0.3 is 10.2 Å². The standard InChI is InChI=1S/C24H22N6O2S/c31-23(27-14-21-26-11-13-33-21)22-18-16-29(24(32)19-8-4-5-10-25-19)12-9-20(18)30(28-22)15-17-6-2-1-3-7-17/h1-8,10-11,13H,9,12,14-16H2,(H,27,31). The van der Waals surface area contributed by atoms with E-state index in [9.17, 15) is 9.59 Å². The molecule has 1 N–H and O–H groups in total. The summed E-state index contributed by atoms with van der Waals surface area (Å²) in [6, 6.07) is 15.3. The summed E-state index contributed by atoms with van der Waals surface area (Å²) in [6.07, 6.45) is 3.94. The van der Waals surface area contributed by atoms with E-state index in [1.165, 1.54) is 11.3 Å². The fourth-order valence-corrected chi connectivity index (χ4v) is 4.52. The summed E-state index contributed by atoms with van der Waals surface area (Å²) in [5, 5.41) is 10.3. The van der Waals surface area contributed by atoms with Crippen LogP contribution >= 0.6 is 11.3 Å². The van der Waals surface area contributed by atoms with Gasteiger partial charge in [-0.05, 0) is 17.7 Å². The van der Waals surface area contributed by atoms with Crippen LogP contribution in [0.4, 0.5) is 0 Å². The van der Waals surface area contributed by atoms with Crippen molar-refractivity contribution in [1.82, 2.24) is 30.0 Å². The van der Waals surface area contributed by atoms with Crippen LogP contribution in [0.25, 0.3) is 0 Å². The number of benzene rings is 1. The molecule has 0 bridgehead atoms. The highest BCUT2D eigenvalue weighted by atomic mass is 32.1. The summed E-state index contributed by atoms with van der Waals surface area (Å²) >= 11 is 1.49. The molecule has 33 heavy (non-hydrogen) atoms. The first-order valence-electron chi connectivity index (χ1n) is 10.7. The molecule has 9 heteroatoms. The fraction of sp³-hybridized carbons (Fsp3) is 0.208. The number of fused-ring (bicyclic) bond motifs is 1. The maximum atomic E-state index is 13.1. The Hall–Kier alpha value is -3.85. The number of rotatable bonds is 6. The molecule has 0 atom stereocenters. The van der Waals surface area contributed by atoms with Crippen molar-refractivity contribution in [1.29, 1.82) is 0 Å². The molecule has 166 valence electrons. The first-order valence-corrected chi connectivity index (χ1v) is 11.6. The molecule has 0 unspecified atom stereocenters. The topological polar surface area (TPSA) is 93.0 Å². The van der Waals surface area contributed by atoms with Crippen LogP contribution in [0.15, 0.2) is 66.3 Å². The zero-order chi connectivity index (χ0) is 22.6. The lowest BCUT2D eigenvalue weighted by Gasteiger charge is -2.27. The molecule has 0 spiro atoms. The molecule has 1 aromatic carbocycles. The smallest absolute Gasteiger partial charge is 0.272 e. The molecule has 8 nitrogen and oxygen atoms in total. The Labute approximate surface area is 194 Å². The quantitative estimate of drug-likeness (QED) is 0.480. The number of hydrogen-bond acceptors (Lipinski definition) is 6. The average molecular weight is 459 g/mol. The number of nitrogens with zero attached hydrogens (tertiary/aromatic N) is 5. The number of carbonyl (C=O) groups excluding carboxylic acids is 2. The first-order chi connectivity index (χ1) is 16.2. The molecule has 2 amide bonds. The van der Waals surface area contributed by atoms with Crippen molar-refractivity contribution in [2.45, 2.75) is 26.1 Å². The van der Waals surface area contributed by atoms with Gasteiger partial charge in [0.25, 0.3) is 11.8 Å². The van der Waals surface area contributed by atoms with Gasteiger partial charge in [0, 0.05) is 42.0 Å². The van der Waals surface area contributed by atoms with Gasteiger partial charge in [-0.2, -0.15) is 5.10 Å². The Morgan fingerprint density at radius 3 is 2.64 bits per heavy atom. The summed E-state index contributed by atoms with van der Waals surface area (Å²) in [7, 11) is 0. The fourth-order valence-electron chi connectivity index (χ4n) is 3.96. The molecular weight excluding hydrogens is 436 g/mol. The predicted octanol–water partition coefficient (Wildman–Crippen LogP) is 2.91. The minimum absolute atomic E-state index is 0.147. The van der Waals surface area contributed by atoms with Crippen LogP contribution < -0.4 is 5.32 Å². The van der Waals surface area contributed by atoms with Crippen molar-refractivity contribution in [3.05, 3.63) is 99.5 Å². The second-order valence-electron chi connectivity index (χ2n) is 7.72. The second-order valence-corrected chi connectivity index (χ2v) is 8.70. The summed E-state index contributed by atoms with van der Waals surface area (Å²) in [6.45, 7) is 1.77. The molecule has 3 aromatic heterocycles. The minimum Gasteiger partial charge on any atom is -0.344 e. The number of thiazole rings is 1. The number of aromatic nitrogens is 4. The largest absolute Gasteiger partial charge is 0.344 e. The minimum atomic E-state index is -0.264. The maximum absolute atomic E-state index is 13.1. The first kappa shape index (κ1) is 21.0. The third kappa shape index (κ3) is 4.54. The summed E-state index contributed by atoms with van der Waals surface area (Å²) < 4.78 is 1.89. The molecule has 0 fully saturated rings. The van der Waals surface area contributed by atoms with E-state index in [2.05, 4.69) is 20.4 Å². The van der Waals surface area contributed by atoms with Gasteiger partial charge >= 0.3 is 0 Å². The van der Waals surface area contributed by atoms with Gasteiger partial charge in [0.15, 0.2) is 5.69 Å². The highest BCUT2D eigenvalue weighted by Gasteiger charge is 2.31. The Morgan fingerprint density at radius 2 is 1.88 bits per heavy atom. The molecular formula is C24H22N6O2S. The van der Waals surface area contributed by atoms with Crippen molar-refractivity contribution in [3.63, 3.8) is 0 Å². The normalized spacial score (nSPS) is 12.9. The number of pyridine rings is 1. The van der Waals surface area contributed by atoms with Gasteiger partial charge in [-0.1, -0.05) is 36.4 Å². The molecule has 0 aliphatic carbocycles. The van der Waals surface area contributed by atoms with Crippen LogP contribution in [0.3, 0.4) is 0 Å². The van der Waals surface area contributed by atoms with Crippen molar-refractivity contribution in [2.24, 2.45) is 0 Å². The van der Waals surface area contributed by atoms with Crippen molar-refractivity contribution >= 4 is 23.2 Å². The lowest BCUT2D eigenvalue weighted by atomic mass is 10.0. The van der Waals surface area contributed by atoms with Crippen LogP contribution in [0.1, 0.15) is 42.8 Å². The van der Waals surface area contributed by atoms with E-state index in [1.54, 1.807) is 35.5 Å². The van der Waals surface area contributed by atoms with Gasteiger partial charge in [0.1, 0.15) is 10.7 Å². The Morgan fingerprint density at radius 1 is 1.03 bits per heavy atom. The van der Waals surface area contributed by atoms with E-state index >= 15 is 0 Å². The van der Waals surface area contributed by atoms with E-state index in [0.717, 1.165) is 21.8 Å². The third-order valence-corrected chi connectivity index (χ3v) is 6.36. The summed E-state index contributed by atoms with van der Waals surface area (Å²) in [5.74, 6) is -0.411. The molecule has 4 heterocycles. The Balaban J connectivity index is 1.43. The zero-order valence-corrected chi connectivity index (χ0v) is 18.7. The van der Waals surface area contributed by atoms with E-state index in [1.807, 2.05) is 40.4 Å². The number of nitrogens with one attached hydrogen (secondary N) is 1. The molecule has 4 aromatic rings. The summed E-state index contributed by atoms with van der Waals surface area (Å²) in [5.41, 5.74) is 3.63. The lowest BCUT2D eigenvalue weighted by Crippen LogP contribution is -2.37. The molecule has 0 saturated heterocycles. The van der Waals surface area contributed by atoms with Gasteiger partial charge in [-0.3, -0.25) is 19.3 Å². The molecule has 1 aliphatic rings. The Kier molecular flexibility index (Phi) is 5.95. The average Bonchev–Trinajstić information content (AvgIpc) is 3.51. The number of carbonyl (C=O) groups is 2. The number of amides is 2. The highest BCUT2D eigenvalue weighted by Crippen LogP contribution is 2.25. The van der Waals surface area contributed by atoms with Crippen LogP contribution in [0.2, 0.25) is 0 Å². The predicted molar refractivity (Wildman–Crippen MR) is 124 cm³/mol. The van der Waals surface area contributed by atoms with Crippen molar-refractivity contribution in [2.75, 3.05) is 6.54 Å². The highest BCUT2D eigenvalue weighted by molar-refractivity contribution is 7.09. The van der Waals surface area contributed by atoms with Gasteiger partial charge in [0.2, 0.25) is 0 Å². The van der Waals surface area contributed by atoms with Crippen molar-refractivity contribution < 1.29 is 9.59 Å². The second kappa shape index (κ2) is 9.33. The van der Waals surface area contributed by atoms with E-state index in [-0.39, 0.29) is 11.8 Å². The molecule has 5 rings (SSSR count). The van der Waals surface area contributed by atoms with Crippen LogP contribution in [0, 0.1) is 0 Å². The molecule has 0 saturated carbocycles. The summed E-state index contributed by atoms with van der Waals surface area (Å²) in [4.78, 5) is 36.2. The third-order valence-electron chi connectivity index (χ3n) is 5.58. The van der Waals surface area contributed by atoms with Crippen LogP contribution in [-0.4, -0.2) is 43.0 Å². The van der Waals surface area contributed by atoms with Gasteiger partial charge in [0.05, 0.1) is 19.6 Å². The van der Waals surface area contributed by atoms with Gasteiger partial charge in [-0.15, -0.1) is 11.3 Å². The number of hydrogen-bond donors (Lipinski definition) is 1. The monoisotopic (exact) mass is 458 g/mol. The zero-order valence-electron chi connectivity index (χ0n) is 17.8. The Bertz CT molecular complexity index is 1260.